The molecule has 1 aliphatic rings. The summed E-state index contributed by atoms with van der Waals surface area (Å²) in [6, 6.07) is 4.95. The van der Waals surface area contributed by atoms with E-state index in [1.165, 1.54) is 0 Å². The van der Waals surface area contributed by atoms with Crippen LogP contribution in [0, 0.1) is 5.92 Å². The monoisotopic (exact) mass is 197 g/mol. The van der Waals surface area contributed by atoms with Crippen LogP contribution in [0.25, 0.3) is 0 Å². The molecule has 2 rings (SSSR count). The van der Waals surface area contributed by atoms with E-state index in [2.05, 4.69) is 4.98 Å². The highest BCUT2D eigenvalue weighted by molar-refractivity contribution is 6.29. The lowest BCUT2D eigenvalue weighted by atomic mass is 10.4. The Bertz CT molecular complexity index is 336. The summed E-state index contributed by atoms with van der Waals surface area (Å²) in [4.78, 5) is 15.0. The summed E-state index contributed by atoms with van der Waals surface area (Å²) < 4.78 is 4.98. The van der Waals surface area contributed by atoms with E-state index in [0.717, 1.165) is 12.8 Å². The molecule has 13 heavy (non-hydrogen) atoms. The molecular weight excluding hydrogens is 190 g/mol. The number of aromatic nitrogens is 1. The summed E-state index contributed by atoms with van der Waals surface area (Å²) in [6.45, 7) is 0. The molecule has 1 saturated carbocycles. The topological polar surface area (TPSA) is 39.2 Å². The lowest BCUT2D eigenvalue weighted by Crippen LogP contribution is -2.10. The van der Waals surface area contributed by atoms with Crippen molar-refractivity contribution in [2.24, 2.45) is 5.92 Å². The second-order valence-corrected chi connectivity index (χ2v) is 3.38. The van der Waals surface area contributed by atoms with Crippen LogP contribution in [0.5, 0.6) is 5.88 Å². The average Bonchev–Trinajstić information content (AvgIpc) is 2.85. The maximum absolute atomic E-state index is 11.2. The van der Waals surface area contributed by atoms with Crippen molar-refractivity contribution in [3.05, 3.63) is 23.4 Å². The van der Waals surface area contributed by atoms with Crippen LogP contribution in [-0.2, 0) is 4.79 Å². The molecule has 0 saturated heterocycles. The summed E-state index contributed by atoms with van der Waals surface area (Å²) in [5, 5.41) is 0.334. The van der Waals surface area contributed by atoms with Gasteiger partial charge in [-0.05, 0) is 18.9 Å². The van der Waals surface area contributed by atoms with Gasteiger partial charge in [-0.15, -0.1) is 0 Å². The molecule has 0 spiro atoms. The largest absolute Gasteiger partial charge is 0.407 e. The second kappa shape index (κ2) is 3.34. The molecule has 0 N–H and O–H groups in total. The summed E-state index contributed by atoms with van der Waals surface area (Å²) >= 11 is 5.62. The number of hydrogen-bond acceptors (Lipinski definition) is 3. The second-order valence-electron chi connectivity index (χ2n) is 2.99. The molecule has 0 bridgehead atoms. The molecule has 1 heterocycles. The van der Waals surface area contributed by atoms with E-state index in [1.54, 1.807) is 18.2 Å². The van der Waals surface area contributed by atoms with Gasteiger partial charge in [0.25, 0.3) is 0 Å². The first-order valence-electron chi connectivity index (χ1n) is 4.10. The van der Waals surface area contributed by atoms with E-state index >= 15 is 0 Å². The van der Waals surface area contributed by atoms with Gasteiger partial charge in [-0.3, -0.25) is 4.79 Å². The van der Waals surface area contributed by atoms with Crippen molar-refractivity contribution in [2.75, 3.05) is 0 Å². The van der Waals surface area contributed by atoms with Crippen molar-refractivity contribution >= 4 is 17.6 Å². The smallest absolute Gasteiger partial charge is 0.315 e. The Labute approximate surface area is 80.7 Å². The minimum Gasteiger partial charge on any atom is -0.407 e. The maximum Gasteiger partial charge on any atom is 0.315 e. The van der Waals surface area contributed by atoms with Crippen LogP contribution in [0.15, 0.2) is 18.2 Å². The number of rotatable bonds is 2. The molecule has 0 unspecified atom stereocenters. The van der Waals surface area contributed by atoms with Crippen molar-refractivity contribution in [1.82, 2.24) is 4.98 Å². The van der Waals surface area contributed by atoms with E-state index in [-0.39, 0.29) is 17.8 Å². The fourth-order valence-electron chi connectivity index (χ4n) is 0.952. The van der Waals surface area contributed by atoms with Gasteiger partial charge < -0.3 is 4.74 Å². The van der Waals surface area contributed by atoms with E-state index in [9.17, 15) is 4.79 Å². The molecule has 1 aliphatic carbocycles. The standard InChI is InChI=1S/C9H8ClNO2/c10-7-2-1-3-8(11-7)13-9(12)6-4-5-6/h1-3,6H,4-5H2. The molecular formula is C9H8ClNO2. The van der Waals surface area contributed by atoms with Gasteiger partial charge in [-0.25, -0.2) is 4.98 Å². The van der Waals surface area contributed by atoms with Gasteiger partial charge in [0.15, 0.2) is 0 Å². The highest BCUT2D eigenvalue weighted by Crippen LogP contribution is 2.30. The Kier molecular flexibility index (Phi) is 2.19. The van der Waals surface area contributed by atoms with Crippen LogP contribution in [0.1, 0.15) is 12.8 Å². The van der Waals surface area contributed by atoms with Crippen LogP contribution in [0.2, 0.25) is 5.15 Å². The first-order chi connectivity index (χ1) is 6.25. The van der Waals surface area contributed by atoms with Gasteiger partial charge in [0.2, 0.25) is 5.88 Å². The first-order valence-corrected chi connectivity index (χ1v) is 4.48. The maximum atomic E-state index is 11.2. The Morgan fingerprint density at radius 2 is 2.31 bits per heavy atom. The Hall–Kier alpha value is -1.09. The van der Waals surface area contributed by atoms with Crippen molar-refractivity contribution in [3.63, 3.8) is 0 Å². The number of ether oxygens (including phenoxy) is 1. The van der Waals surface area contributed by atoms with E-state index in [1.807, 2.05) is 0 Å². The van der Waals surface area contributed by atoms with Crippen LogP contribution >= 0.6 is 11.6 Å². The number of halogens is 1. The molecule has 3 nitrogen and oxygen atoms in total. The number of pyridine rings is 1. The predicted octanol–water partition coefficient (Wildman–Crippen LogP) is 2.05. The zero-order valence-electron chi connectivity index (χ0n) is 6.87. The van der Waals surface area contributed by atoms with E-state index in [4.69, 9.17) is 16.3 Å². The van der Waals surface area contributed by atoms with Crippen molar-refractivity contribution in [2.45, 2.75) is 12.8 Å². The van der Waals surface area contributed by atoms with Crippen LogP contribution in [-0.4, -0.2) is 11.0 Å². The summed E-state index contributed by atoms with van der Waals surface area (Å²) in [5.74, 6) is 0.167. The van der Waals surface area contributed by atoms with Crippen molar-refractivity contribution in [3.8, 4) is 5.88 Å². The molecule has 0 radical (unpaired) electrons. The zero-order chi connectivity index (χ0) is 9.26. The third-order valence-electron chi connectivity index (χ3n) is 1.81. The summed E-state index contributed by atoms with van der Waals surface area (Å²) in [5.41, 5.74) is 0. The zero-order valence-corrected chi connectivity index (χ0v) is 7.62. The third-order valence-corrected chi connectivity index (χ3v) is 2.02. The minimum absolute atomic E-state index is 0.0841. The van der Waals surface area contributed by atoms with E-state index in [0.29, 0.717) is 5.15 Å². The van der Waals surface area contributed by atoms with Gasteiger partial charge >= 0.3 is 5.97 Å². The Morgan fingerprint density at radius 1 is 1.54 bits per heavy atom. The highest BCUT2D eigenvalue weighted by atomic mass is 35.5. The normalized spacial score (nSPS) is 15.5. The number of nitrogens with zero attached hydrogens (tertiary/aromatic N) is 1. The van der Waals surface area contributed by atoms with Crippen molar-refractivity contribution in [1.29, 1.82) is 0 Å². The van der Waals surface area contributed by atoms with Gasteiger partial charge in [0.1, 0.15) is 5.15 Å². The Balaban J connectivity index is 2.04. The fourth-order valence-corrected chi connectivity index (χ4v) is 1.11. The molecule has 1 fully saturated rings. The molecule has 68 valence electrons. The fraction of sp³-hybridized carbons (Fsp3) is 0.333. The van der Waals surface area contributed by atoms with Gasteiger partial charge in [-0.2, -0.15) is 0 Å². The number of carbonyl (C=O) groups is 1. The predicted molar refractivity (Wildman–Crippen MR) is 47.6 cm³/mol. The van der Waals surface area contributed by atoms with Gasteiger partial charge in [0, 0.05) is 6.07 Å². The lowest BCUT2D eigenvalue weighted by Gasteiger charge is -2.00. The first kappa shape index (κ1) is 8.51. The van der Waals surface area contributed by atoms with Crippen molar-refractivity contribution < 1.29 is 9.53 Å². The molecule has 0 atom stereocenters. The lowest BCUT2D eigenvalue weighted by molar-refractivity contribution is -0.136. The number of esters is 1. The van der Waals surface area contributed by atoms with E-state index < -0.39 is 0 Å². The van der Waals surface area contributed by atoms with Gasteiger partial charge in [-0.1, -0.05) is 17.7 Å². The average molecular weight is 198 g/mol. The minimum atomic E-state index is -0.199. The van der Waals surface area contributed by atoms with Crippen LogP contribution < -0.4 is 4.74 Å². The number of carbonyl (C=O) groups excluding carboxylic acids is 1. The quantitative estimate of drug-likeness (QED) is 0.538. The Morgan fingerprint density at radius 3 is 2.92 bits per heavy atom. The molecule has 1 aromatic heterocycles. The van der Waals surface area contributed by atoms with Gasteiger partial charge in [0.05, 0.1) is 5.92 Å². The third kappa shape index (κ3) is 2.18. The SMILES string of the molecule is O=C(Oc1cccc(Cl)n1)C1CC1. The molecule has 4 heteroatoms. The summed E-state index contributed by atoms with van der Waals surface area (Å²) in [7, 11) is 0. The van der Waals surface area contributed by atoms with Crippen LogP contribution in [0.4, 0.5) is 0 Å². The molecule has 0 amide bonds. The molecule has 0 aromatic carbocycles. The number of hydrogen-bond donors (Lipinski definition) is 0. The molecule has 1 aromatic rings. The summed E-state index contributed by atoms with van der Waals surface area (Å²) in [6.07, 6.45) is 1.86. The van der Waals surface area contributed by atoms with Crippen LogP contribution in [0.3, 0.4) is 0 Å². The highest BCUT2D eigenvalue weighted by Gasteiger charge is 2.31. The molecule has 0 aliphatic heterocycles.